The van der Waals surface area contributed by atoms with E-state index in [1.54, 1.807) is 0 Å². The molecule has 0 saturated carbocycles. The molecule has 2 aromatic rings. The van der Waals surface area contributed by atoms with Gasteiger partial charge in [-0.15, -0.1) is 0 Å². The zero-order chi connectivity index (χ0) is 14.7. The van der Waals surface area contributed by atoms with Gasteiger partial charge in [0.15, 0.2) is 5.69 Å². The van der Waals surface area contributed by atoms with Crippen molar-refractivity contribution in [1.82, 2.24) is 9.97 Å². The van der Waals surface area contributed by atoms with Gasteiger partial charge in [0.1, 0.15) is 5.82 Å². The van der Waals surface area contributed by atoms with Gasteiger partial charge in [-0.05, 0) is 18.2 Å². The summed E-state index contributed by atoms with van der Waals surface area (Å²) < 4.78 is 23.6. The molecule has 0 fully saturated rings. The van der Waals surface area contributed by atoms with Crippen molar-refractivity contribution in [3.63, 3.8) is 0 Å². The largest absolute Gasteiger partial charge is 0.480 e. The topological polar surface area (TPSA) is 61.3 Å². The zero-order valence-electron chi connectivity index (χ0n) is 10.7. The van der Waals surface area contributed by atoms with Crippen LogP contribution >= 0.6 is 11.6 Å². The quantitative estimate of drug-likeness (QED) is 0.811. The van der Waals surface area contributed by atoms with Crippen LogP contribution in [0, 0.1) is 5.82 Å². The Morgan fingerprint density at radius 2 is 2.05 bits per heavy atom. The summed E-state index contributed by atoms with van der Waals surface area (Å²) in [6, 6.07) is 3.75. The summed E-state index contributed by atoms with van der Waals surface area (Å²) in [5, 5.41) is 0.201. The van der Waals surface area contributed by atoms with E-state index in [1.807, 2.05) is 0 Å². The van der Waals surface area contributed by atoms with E-state index >= 15 is 0 Å². The number of carbonyl (C=O) groups is 1. The molecule has 0 atom stereocenters. The highest BCUT2D eigenvalue weighted by Crippen LogP contribution is 2.22. The number of rotatable bonds is 4. The van der Waals surface area contributed by atoms with Crippen molar-refractivity contribution in [2.45, 2.75) is 0 Å². The van der Waals surface area contributed by atoms with Crippen LogP contribution in [0.25, 0.3) is 0 Å². The maximum Gasteiger partial charge on any atom is 0.247 e. The second-order valence-electron chi connectivity index (χ2n) is 3.72. The fourth-order valence-electron chi connectivity index (χ4n) is 1.55. The van der Waals surface area contributed by atoms with Crippen LogP contribution in [0.3, 0.4) is 0 Å². The van der Waals surface area contributed by atoms with Crippen LogP contribution in [0.2, 0.25) is 5.02 Å². The number of ether oxygens (including phenoxy) is 2. The van der Waals surface area contributed by atoms with Crippen LogP contribution in [0.4, 0.5) is 4.39 Å². The first-order valence-corrected chi connectivity index (χ1v) is 5.89. The zero-order valence-corrected chi connectivity index (χ0v) is 11.4. The van der Waals surface area contributed by atoms with Gasteiger partial charge in [0.25, 0.3) is 0 Å². The lowest BCUT2D eigenvalue weighted by molar-refractivity contribution is 0.102. The molecular weight excluding hydrogens is 287 g/mol. The average Bonchev–Trinajstić information content (AvgIpc) is 2.46. The van der Waals surface area contributed by atoms with Gasteiger partial charge >= 0.3 is 0 Å². The number of nitrogens with zero attached hydrogens (tertiary/aromatic N) is 2. The van der Waals surface area contributed by atoms with E-state index in [4.69, 9.17) is 21.1 Å². The molecular formula is C13H10ClFN2O3. The fourth-order valence-corrected chi connectivity index (χ4v) is 1.71. The molecule has 0 unspecified atom stereocenters. The fraction of sp³-hybridized carbons (Fsp3) is 0.154. The lowest BCUT2D eigenvalue weighted by Gasteiger charge is -2.08. The lowest BCUT2D eigenvalue weighted by Crippen LogP contribution is -2.10. The van der Waals surface area contributed by atoms with E-state index in [-0.39, 0.29) is 28.0 Å². The summed E-state index contributed by atoms with van der Waals surface area (Å²) in [5.74, 6) is -1.23. The van der Waals surface area contributed by atoms with E-state index in [2.05, 4.69) is 9.97 Å². The van der Waals surface area contributed by atoms with Crippen molar-refractivity contribution in [1.29, 1.82) is 0 Å². The van der Waals surface area contributed by atoms with Gasteiger partial charge in [0.2, 0.25) is 17.5 Å². The number of benzene rings is 1. The van der Waals surface area contributed by atoms with Gasteiger partial charge in [-0.3, -0.25) is 4.79 Å². The Labute approximate surface area is 119 Å². The summed E-state index contributed by atoms with van der Waals surface area (Å²) in [4.78, 5) is 20.1. The Morgan fingerprint density at radius 1 is 1.30 bits per heavy atom. The summed E-state index contributed by atoms with van der Waals surface area (Å²) in [7, 11) is 2.74. The molecule has 1 heterocycles. The van der Waals surface area contributed by atoms with E-state index < -0.39 is 11.6 Å². The Bertz CT molecular complexity index is 664. The average molecular weight is 297 g/mol. The first-order valence-electron chi connectivity index (χ1n) is 5.51. The van der Waals surface area contributed by atoms with Crippen LogP contribution in [-0.4, -0.2) is 30.0 Å². The van der Waals surface area contributed by atoms with Gasteiger partial charge in [-0.2, -0.15) is 4.98 Å². The molecule has 0 spiro atoms. The summed E-state index contributed by atoms with van der Waals surface area (Å²) >= 11 is 5.65. The summed E-state index contributed by atoms with van der Waals surface area (Å²) in [6.07, 6.45) is 1.25. The third-order valence-electron chi connectivity index (χ3n) is 2.51. The van der Waals surface area contributed by atoms with Crippen molar-refractivity contribution in [3.05, 3.63) is 46.5 Å². The van der Waals surface area contributed by atoms with Crippen LogP contribution < -0.4 is 9.47 Å². The number of ketones is 1. The third kappa shape index (κ3) is 2.70. The number of halogens is 2. The molecule has 0 aliphatic carbocycles. The minimum absolute atomic E-state index is 0.0382. The monoisotopic (exact) mass is 296 g/mol. The van der Waals surface area contributed by atoms with E-state index in [9.17, 15) is 9.18 Å². The second kappa shape index (κ2) is 5.83. The molecule has 0 radical (unpaired) electrons. The Balaban J connectivity index is 2.47. The molecule has 0 aliphatic rings. The van der Waals surface area contributed by atoms with Crippen LogP contribution in [0.15, 0.2) is 24.4 Å². The molecule has 1 aromatic carbocycles. The Morgan fingerprint density at radius 3 is 2.65 bits per heavy atom. The molecule has 2 rings (SSSR count). The number of hydrogen-bond donors (Lipinski definition) is 0. The maximum absolute atomic E-state index is 13.7. The molecule has 0 aliphatic heterocycles. The highest BCUT2D eigenvalue weighted by molar-refractivity contribution is 6.30. The first-order chi connectivity index (χ1) is 9.56. The van der Waals surface area contributed by atoms with Gasteiger partial charge in [-0.1, -0.05) is 11.6 Å². The normalized spacial score (nSPS) is 10.2. The first kappa shape index (κ1) is 14.2. The van der Waals surface area contributed by atoms with E-state index in [0.717, 1.165) is 6.07 Å². The number of carbonyl (C=O) groups excluding carboxylic acids is 1. The number of hydrogen-bond acceptors (Lipinski definition) is 5. The van der Waals surface area contributed by atoms with Crippen molar-refractivity contribution in [2.75, 3.05) is 14.2 Å². The lowest BCUT2D eigenvalue weighted by atomic mass is 10.1. The molecule has 0 saturated heterocycles. The highest BCUT2D eigenvalue weighted by atomic mass is 35.5. The van der Waals surface area contributed by atoms with Gasteiger partial charge in [0.05, 0.1) is 26.0 Å². The van der Waals surface area contributed by atoms with Crippen molar-refractivity contribution in [3.8, 4) is 11.8 Å². The molecule has 1 aromatic heterocycles. The molecule has 0 N–H and O–H groups in total. The molecule has 5 nitrogen and oxygen atoms in total. The molecule has 0 bridgehead atoms. The van der Waals surface area contributed by atoms with E-state index in [1.165, 1.54) is 32.5 Å². The van der Waals surface area contributed by atoms with Gasteiger partial charge < -0.3 is 9.47 Å². The maximum atomic E-state index is 13.7. The summed E-state index contributed by atoms with van der Waals surface area (Å²) in [5.41, 5.74) is -0.262. The molecule has 0 amide bonds. The predicted octanol–water partition coefficient (Wildman–Crippen LogP) is 2.52. The van der Waals surface area contributed by atoms with Crippen LogP contribution in [0.1, 0.15) is 16.1 Å². The van der Waals surface area contributed by atoms with Crippen LogP contribution in [-0.2, 0) is 0 Å². The number of aromatic nitrogens is 2. The van der Waals surface area contributed by atoms with E-state index in [0.29, 0.717) is 0 Å². The minimum Gasteiger partial charge on any atom is -0.480 e. The molecule has 104 valence electrons. The second-order valence-corrected chi connectivity index (χ2v) is 4.16. The van der Waals surface area contributed by atoms with Crippen molar-refractivity contribution < 1.29 is 18.7 Å². The number of methoxy groups -OCH3 is 2. The summed E-state index contributed by atoms with van der Waals surface area (Å²) in [6.45, 7) is 0. The minimum atomic E-state index is -0.734. The van der Waals surface area contributed by atoms with Crippen molar-refractivity contribution >= 4 is 17.4 Å². The standard InChI is InChI=1S/C13H10ClFN2O3/c1-19-10-6-16-11(13(17-10)20-2)12(18)8-4-3-7(14)5-9(8)15/h3-6H,1-2H3. The molecule has 20 heavy (non-hydrogen) atoms. The smallest absolute Gasteiger partial charge is 0.247 e. The Hall–Kier alpha value is -2.21. The third-order valence-corrected chi connectivity index (χ3v) is 2.75. The van der Waals surface area contributed by atoms with Crippen LogP contribution in [0.5, 0.6) is 11.8 Å². The highest BCUT2D eigenvalue weighted by Gasteiger charge is 2.21. The Kier molecular flexibility index (Phi) is 4.14. The molecule has 7 heteroatoms. The van der Waals surface area contributed by atoms with Gasteiger partial charge in [0, 0.05) is 5.02 Å². The van der Waals surface area contributed by atoms with Crippen molar-refractivity contribution in [2.24, 2.45) is 0 Å². The van der Waals surface area contributed by atoms with Gasteiger partial charge in [-0.25, -0.2) is 9.37 Å². The predicted molar refractivity (Wildman–Crippen MR) is 70.0 cm³/mol. The SMILES string of the molecule is COc1cnc(C(=O)c2ccc(Cl)cc2F)c(OC)n1.